The Bertz CT molecular complexity index is 628. The zero-order valence-corrected chi connectivity index (χ0v) is 13.2. The van der Waals surface area contributed by atoms with Crippen LogP contribution in [0.2, 0.25) is 10.0 Å². The van der Waals surface area contributed by atoms with Gasteiger partial charge in [-0.1, -0.05) is 29.3 Å². The summed E-state index contributed by atoms with van der Waals surface area (Å²) in [5.74, 6) is 0. The van der Waals surface area contributed by atoms with E-state index < -0.39 is 0 Å². The first-order valence-electron chi connectivity index (χ1n) is 6.13. The normalized spacial score (nSPS) is 17.3. The molecule has 0 radical (unpaired) electrons. The fourth-order valence-corrected chi connectivity index (χ4v) is 3.52. The van der Waals surface area contributed by atoms with Crippen molar-refractivity contribution < 1.29 is 0 Å². The van der Waals surface area contributed by atoms with Crippen LogP contribution in [0.3, 0.4) is 0 Å². The maximum atomic E-state index is 6.03. The zero-order chi connectivity index (χ0) is 13.4. The topological polar surface area (TPSA) is 12.0 Å². The smallest absolute Gasteiger partial charge is 0.0520 e. The van der Waals surface area contributed by atoms with Crippen molar-refractivity contribution in [2.45, 2.75) is 18.9 Å². The molecular weight excluding hydrogens is 345 g/mol. The minimum absolute atomic E-state index is 0.338. The first kappa shape index (κ1) is 13.3. The van der Waals surface area contributed by atoms with Crippen LogP contribution in [0.15, 0.2) is 40.9 Å². The third-order valence-electron chi connectivity index (χ3n) is 3.44. The maximum absolute atomic E-state index is 6.03. The average Bonchev–Trinajstić information content (AvgIpc) is 2.75. The quantitative estimate of drug-likeness (QED) is 0.711. The fraction of sp³-hybridized carbons (Fsp3) is 0.200. The lowest BCUT2D eigenvalue weighted by atomic mass is 10.1. The molecule has 4 heteroatoms. The summed E-state index contributed by atoms with van der Waals surface area (Å²) in [7, 11) is 0. The molecule has 0 aliphatic heterocycles. The SMILES string of the molecule is Clc1ccc(NC2CCc3cc(Cl)ccc32)c(Br)c1. The van der Waals surface area contributed by atoms with E-state index in [1.165, 1.54) is 11.1 Å². The maximum Gasteiger partial charge on any atom is 0.0520 e. The van der Waals surface area contributed by atoms with Gasteiger partial charge in [-0.25, -0.2) is 0 Å². The first-order valence-corrected chi connectivity index (χ1v) is 7.68. The molecule has 1 nitrogen and oxygen atoms in total. The van der Waals surface area contributed by atoms with E-state index in [0.29, 0.717) is 6.04 Å². The van der Waals surface area contributed by atoms with Gasteiger partial charge in [-0.3, -0.25) is 0 Å². The second-order valence-corrected chi connectivity index (χ2v) is 6.43. The summed E-state index contributed by atoms with van der Waals surface area (Å²) in [5.41, 5.74) is 3.75. The highest BCUT2D eigenvalue weighted by molar-refractivity contribution is 9.10. The Morgan fingerprint density at radius 3 is 2.58 bits per heavy atom. The van der Waals surface area contributed by atoms with Crippen LogP contribution in [0.25, 0.3) is 0 Å². The van der Waals surface area contributed by atoms with Crippen molar-refractivity contribution >= 4 is 44.8 Å². The molecule has 0 fully saturated rings. The number of hydrogen-bond acceptors (Lipinski definition) is 1. The highest BCUT2D eigenvalue weighted by Crippen LogP contribution is 2.37. The van der Waals surface area contributed by atoms with Gasteiger partial charge in [0.25, 0.3) is 0 Å². The van der Waals surface area contributed by atoms with E-state index in [0.717, 1.165) is 33.0 Å². The Hall–Kier alpha value is -0.700. The van der Waals surface area contributed by atoms with Crippen molar-refractivity contribution in [2.75, 3.05) is 5.32 Å². The van der Waals surface area contributed by atoms with Crippen LogP contribution in [0.1, 0.15) is 23.6 Å². The predicted octanol–water partition coefficient (Wildman–Crippen LogP) is 5.86. The van der Waals surface area contributed by atoms with Crippen LogP contribution in [-0.2, 0) is 6.42 Å². The number of aryl methyl sites for hydroxylation is 1. The average molecular weight is 357 g/mol. The van der Waals surface area contributed by atoms with E-state index in [2.05, 4.69) is 33.4 Å². The van der Waals surface area contributed by atoms with Gasteiger partial charge in [-0.15, -0.1) is 0 Å². The Morgan fingerprint density at radius 2 is 1.79 bits per heavy atom. The Kier molecular flexibility index (Phi) is 3.75. The number of hydrogen-bond donors (Lipinski definition) is 1. The molecule has 0 saturated heterocycles. The van der Waals surface area contributed by atoms with E-state index in [9.17, 15) is 0 Å². The molecule has 2 aromatic rings. The summed E-state index contributed by atoms with van der Waals surface area (Å²) in [6.07, 6.45) is 2.16. The summed E-state index contributed by atoms with van der Waals surface area (Å²) < 4.78 is 0.988. The van der Waals surface area contributed by atoms with E-state index in [4.69, 9.17) is 23.2 Å². The summed E-state index contributed by atoms with van der Waals surface area (Å²) in [5, 5.41) is 5.11. The lowest BCUT2D eigenvalue weighted by Crippen LogP contribution is -2.07. The van der Waals surface area contributed by atoms with Crippen molar-refractivity contribution in [1.82, 2.24) is 0 Å². The van der Waals surface area contributed by atoms with Crippen molar-refractivity contribution in [3.8, 4) is 0 Å². The molecule has 1 aliphatic rings. The number of rotatable bonds is 2. The van der Waals surface area contributed by atoms with Gasteiger partial charge < -0.3 is 5.32 Å². The van der Waals surface area contributed by atoms with Crippen LogP contribution in [0.5, 0.6) is 0 Å². The molecule has 1 N–H and O–H groups in total. The highest BCUT2D eigenvalue weighted by atomic mass is 79.9. The molecule has 1 unspecified atom stereocenters. The number of anilines is 1. The van der Waals surface area contributed by atoms with Crippen molar-refractivity contribution in [3.05, 3.63) is 62.0 Å². The van der Waals surface area contributed by atoms with Gasteiger partial charge in [-0.2, -0.15) is 0 Å². The van der Waals surface area contributed by atoms with Crippen LogP contribution >= 0.6 is 39.1 Å². The first-order chi connectivity index (χ1) is 9.13. The monoisotopic (exact) mass is 355 g/mol. The Morgan fingerprint density at radius 1 is 1.05 bits per heavy atom. The standard InChI is InChI=1S/C15H12BrCl2N/c16-13-8-11(18)3-6-15(13)19-14-5-1-9-7-10(17)2-4-12(9)14/h2-4,6-8,14,19H,1,5H2. The second kappa shape index (κ2) is 5.35. The molecule has 1 aliphatic carbocycles. The van der Waals surface area contributed by atoms with E-state index >= 15 is 0 Å². The summed E-state index contributed by atoms with van der Waals surface area (Å²) in [6.45, 7) is 0. The van der Waals surface area contributed by atoms with Gasteiger partial charge in [0.15, 0.2) is 0 Å². The largest absolute Gasteiger partial charge is 0.377 e. The zero-order valence-electron chi connectivity index (χ0n) is 10.1. The van der Waals surface area contributed by atoms with Gasteiger partial charge in [0.05, 0.1) is 6.04 Å². The Labute approximate surface area is 131 Å². The third kappa shape index (κ3) is 2.76. The van der Waals surface area contributed by atoms with Gasteiger partial charge in [-0.05, 0) is 70.2 Å². The van der Waals surface area contributed by atoms with E-state index in [1.807, 2.05) is 24.3 Å². The lowest BCUT2D eigenvalue weighted by Gasteiger charge is -2.17. The molecule has 0 bridgehead atoms. The number of benzene rings is 2. The summed E-state index contributed by atoms with van der Waals surface area (Å²) in [6, 6.07) is 12.3. The molecule has 0 amide bonds. The van der Waals surface area contributed by atoms with Gasteiger partial charge >= 0.3 is 0 Å². The molecule has 0 aromatic heterocycles. The molecule has 0 spiro atoms. The van der Waals surface area contributed by atoms with Gasteiger partial charge in [0.2, 0.25) is 0 Å². The highest BCUT2D eigenvalue weighted by Gasteiger charge is 2.22. The third-order valence-corrected chi connectivity index (χ3v) is 4.57. The van der Waals surface area contributed by atoms with Gasteiger partial charge in [0.1, 0.15) is 0 Å². The van der Waals surface area contributed by atoms with Crippen LogP contribution in [0.4, 0.5) is 5.69 Å². The molecule has 2 aromatic carbocycles. The van der Waals surface area contributed by atoms with Gasteiger partial charge in [0, 0.05) is 20.2 Å². The molecule has 0 heterocycles. The molecule has 0 saturated carbocycles. The Balaban J connectivity index is 1.86. The van der Waals surface area contributed by atoms with Crippen LogP contribution in [0, 0.1) is 0 Å². The van der Waals surface area contributed by atoms with Crippen molar-refractivity contribution in [1.29, 1.82) is 0 Å². The second-order valence-electron chi connectivity index (χ2n) is 4.70. The summed E-state index contributed by atoms with van der Waals surface area (Å²) in [4.78, 5) is 0. The molecule has 3 rings (SSSR count). The van der Waals surface area contributed by atoms with Crippen LogP contribution < -0.4 is 5.32 Å². The number of nitrogens with one attached hydrogen (secondary N) is 1. The van der Waals surface area contributed by atoms with Crippen molar-refractivity contribution in [3.63, 3.8) is 0 Å². The van der Waals surface area contributed by atoms with Crippen molar-refractivity contribution in [2.24, 2.45) is 0 Å². The fourth-order valence-electron chi connectivity index (χ4n) is 2.53. The molecule has 98 valence electrons. The molecule has 1 atom stereocenters. The lowest BCUT2D eigenvalue weighted by molar-refractivity contribution is 0.761. The number of halogens is 3. The van der Waals surface area contributed by atoms with E-state index in [1.54, 1.807) is 0 Å². The van der Waals surface area contributed by atoms with Crippen LogP contribution in [-0.4, -0.2) is 0 Å². The number of fused-ring (bicyclic) bond motifs is 1. The summed E-state index contributed by atoms with van der Waals surface area (Å²) >= 11 is 15.5. The molecular formula is C15H12BrCl2N. The predicted molar refractivity (Wildman–Crippen MR) is 85.3 cm³/mol. The molecule has 19 heavy (non-hydrogen) atoms. The minimum atomic E-state index is 0.338. The minimum Gasteiger partial charge on any atom is -0.377 e. The van der Waals surface area contributed by atoms with E-state index in [-0.39, 0.29) is 0 Å².